The molecule has 49 heavy (non-hydrogen) atoms. The molecule has 0 radical (unpaired) electrons. The molecule has 2 aliphatic heterocycles. The Morgan fingerprint density at radius 3 is 2.47 bits per heavy atom. The summed E-state index contributed by atoms with van der Waals surface area (Å²) in [7, 11) is 0. The number of carbonyl (C=O) groups excluding carboxylic acids is 2. The second-order valence-corrected chi connectivity index (χ2v) is 13.2. The summed E-state index contributed by atoms with van der Waals surface area (Å²) >= 11 is 0. The Morgan fingerprint density at radius 2 is 1.73 bits per heavy atom. The van der Waals surface area contributed by atoms with Crippen molar-refractivity contribution in [2.75, 3.05) is 44.7 Å². The zero-order chi connectivity index (χ0) is 34.3. The summed E-state index contributed by atoms with van der Waals surface area (Å²) in [5.74, 6) is 0.151. The van der Waals surface area contributed by atoms with E-state index in [2.05, 4.69) is 89.2 Å². The number of benzene rings is 2. The van der Waals surface area contributed by atoms with Gasteiger partial charge in [-0.05, 0) is 73.1 Å². The highest BCUT2D eigenvalue weighted by Crippen LogP contribution is 2.31. The normalized spacial score (nSPS) is 15.8. The predicted molar refractivity (Wildman–Crippen MR) is 193 cm³/mol. The molecule has 4 aromatic rings. The molecule has 0 aliphatic carbocycles. The lowest BCUT2D eigenvalue weighted by molar-refractivity contribution is -0.130. The van der Waals surface area contributed by atoms with E-state index in [0.29, 0.717) is 19.1 Å². The van der Waals surface area contributed by atoms with Crippen LogP contribution in [0.1, 0.15) is 61.6 Å². The SMILES string of the molecule is CCc1nc2c(cnn2CC)c(NC2CCOCC2)c1CNC(=O)NCc1ccc(C)c(-c2cccc(CN3CCN(C(C)=O)CC3)c2)c1. The van der Waals surface area contributed by atoms with Crippen molar-refractivity contribution in [3.05, 3.63) is 76.6 Å². The summed E-state index contributed by atoms with van der Waals surface area (Å²) in [5, 5.41) is 15.5. The number of piperazine rings is 1. The number of nitrogens with zero attached hydrogens (tertiary/aromatic N) is 5. The third kappa shape index (κ3) is 8.22. The van der Waals surface area contributed by atoms with Gasteiger partial charge in [0, 0.05) is 89.8 Å². The molecule has 11 heteroatoms. The van der Waals surface area contributed by atoms with Gasteiger partial charge in [-0.1, -0.05) is 37.3 Å². The van der Waals surface area contributed by atoms with Gasteiger partial charge in [0.25, 0.3) is 0 Å². The van der Waals surface area contributed by atoms with Crippen LogP contribution < -0.4 is 16.0 Å². The van der Waals surface area contributed by atoms with Crippen molar-refractivity contribution in [1.82, 2.24) is 35.2 Å². The van der Waals surface area contributed by atoms with Crippen LogP contribution in [0.25, 0.3) is 22.2 Å². The van der Waals surface area contributed by atoms with E-state index in [1.165, 1.54) is 11.1 Å². The predicted octanol–water partition coefficient (Wildman–Crippen LogP) is 5.24. The Morgan fingerprint density at radius 1 is 0.959 bits per heavy atom. The first kappa shape index (κ1) is 34.4. The first-order valence-corrected chi connectivity index (χ1v) is 17.7. The molecule has 0 spiro atoms. The van der Waals surface area contributed by atoms with Gasteiger partial charge in [-0.3, -0.25) is 9.69 Å². The van der Waals surface area contributed by atoms with E-state index >= 15 is 0 Å². The number of ether oxygens (including phenoxy) is 1. The van der Waals surface area contributed by atoms with E-state index in [1.807, 2.05) is 15.8 Å². The minimum absolute atomic E-state index is 0.151. The lowest BCUT2D eigenvalue weighted by atomic mass is 9.96. The highest BCUT2D eigenvalue weighted by atomic mass is 16.5. The van der Waals surface area contributed by atoms with E-state index in [0.717, 1.165) is 116 Å². The Balaban J connectivity index is 1.11. The molecule has 2 aromatic heterocycles. The molecule has 260 valence electrons. The summed E-state index contributed by atoms with van der Waals surface area (Å²) in [6, 6.07) is 15.1. The second kappa shape index (κ2) is 15.8. The summed E-state index contributed by atoms with van der Waals surface area (Å²) in [6.45, 7) is 15.1. The summed E-state index contributed by atoms with van der Waals surface area (Å²) < 4.78 is 7.53. The molecule has 2 saturated heterocycles. The van der Waals surface area contributed by atoms with Gasteiger partial charge in [-0.25, -0.2) is 14.5 Å². The molecule has 6 rings (SSSR count). The molecule has 4 heterocycles. The molecule has 0 unspecified atom stereocenters. The first-order chi connectivity index (χ1) is 23.8. The minimum Gasteiger partial charge on any atom is -0.381 e. The fraction of sp³-hybridized carbons (Fsp3) is 0.474. The molecule has 3 amide bonds. The molecule has 3 N–H and O–H groups in total. The Bertz CT molecular complexity index is 1770. The number of aryl methyl sites for hydroxylation is 3. The zero-order valence-corrected chi connectivity index (χ0v) is 29.3. The molecule has 11 nitrogen and oxygen atoms in total. The fourth-order valence-electron chi connectivity index (χ4n) is 6.92. The lowest BCUT2D eigenvalue weighted by Gasteiger charge is -2.34. The lowest BCUT2D eigenvalue weighted by Crippen LogP contribution is -2.47. The Kier molecular flexibility index (Phi) is 11.1. The van der Waals surface area contributed by atoms with Crippen LogP contribution in [0.2, 0.25) is 0 Å². The quantitative estimate of drug-likeness (QED) is 0.201. The van der Waals surface area contributed by atoms with Crippen LogP contribution in [0.15, 0.2) is 48.7 Å². The molecular weight excluding hydrogens is 616 g/mol. The van der Waals surface area contributed by atoms with Gasteiger partial charge in [0.1, 0.15) is 0 Å². The van der Waals surface area contributed by atoms with Gasteiger partial charge in [0.15, 0.2) is 5.65 Å². The summed E-state index contributed by atoms with van der Waals surface area (Å²) in [6.07, 6.45) is 4.50. The highest BCUT2D eigenvalue weighted by molar-refractivity contribution is 5.92. The number of rotatable bonds is 11. The Labute approximate surface area is 289 Å². The number of pyridine rings is 1. The van der Waals surface area contributed by atoms with Crippen molar-refractivity contribution in [1.29, 1.82) is 0 Å². The standard InChI is InChI=1S/C38H50N8O3/c1-5-35-33(36(42-31-12-18-49-19-13-31)34-24-41-46(6-2)37(34)43-35)23-40-38(48)39-22-28-11-10-26(3)32(21-28)30-9-7-8-29(20-30)25-44-14-16-45(17-15-44)27(4)47/h7-11,20-21,24,31H,5-6,12-19,22-23,25H2,1-4H3,(H,42,43)(H2,39,40,48). The van der Waals surface area contributed by atoms with E-state index in [1.54, 1.807) is 6.92 Å². The number of amides is 3. The van der Waals surface area contributed by atoms with Crippen molar-refractivity contribution in [3.63, 3.8) is 0 Å². The smallest absolute Gasteiger partial charge is 0.315 e. The van der Waals surface area contributed by atoms with Crippen molar-refractivity contribution in [2.45, 2.75) is 79.2 Å². The number of hydrogen-bond donors (Lipinski definition) is 3. The Hall–Kier alpha value is -4.48. The maximum Gasteiger partial charge on any atom is 0.315 e. The van der Waals surface area contributed by atoms with Crippen LogP contribution in [-0.4, -0.2) is 81.9 Å². The van der Waals surface area contributed by atoms with E-state index in [-0.39, 0.29) is 11.9 Å². The maximum absolute atomic E-state index is 13.2. The zero-order valence-electron chi connectivity index (χ0n) is 29.3. The van der Waals surface area contributed by atoms with E-state index in [9.17, 15) is 9.59 Å². The van der Waals surface area contributed by atoms with Crippen LogP contribution in [-0.2, 0) is 42.1 Å². The van der Waals surface area contributed by atoms with Crippen LogP contribution in [0.5, 0.6) is 0 Å². The minimum atomic E-state index is -0.225. The number of anilines is 1. The van der Waals surface area contributed by atoms with Gasteiger partial charge >= 0.3 is 6.03 Å². The van der Waals surface area contributed by atoms with Gasteiger partial charge < -0.3 is 25.6 Å². The van der Waals surface area contributed by atoms with E-state index < -0.39 is 0 Å². The number of aromatic nitrogens is 3. The summed E-state index contributed by atoms with van der Waals surface area (Å²) in [4.78, 5) is 34.2. The van der Waals surface area contributed by atoms with Gasteiger partial charge in [-0.15, -0.1) is 0 Å². The molecule has 0 saturated carbocycles. The largest absolute Gasteiger partial charge is 0.381 e. The molecule has 2 fully saturated rings. The molecule has 2 aromatic carbocycles. The fourth-order valence-corrected chi connectivity index (χ4v) is 6.92. The number of carbonyl (C=O) groups is 2. The molecule has 2 aliphatic rings. The van der Waals surface area contributed by atoms with Crippen LogP contribution in [0.3, 0.4) is 0 Å². The van der Waals surface area contributed by atoms with Crippen molar-refractivity contribution < 1.29 is 14.3 Å². The van der Waals surface area contributed by atoms with Crippen molar-refractivity contribution >= 4 is 28.7 Å². The maximum atomic E-state index is 13.2. The first-order valence-electron chi connectivity index (χ1n) is 17.7. The number of fused-ring (bicyclic) bond motifs is 1. The average Bonchev–Trinajstić information content (AvgIpc) is 3.54. The van der Waals surface area contributed by atoms with Gasteiger partial charge in [0.05, 0.1) is 17.3 Å². The topological polar surface area (TPSA) is 117 Å². The molecule has 0 atom stereocenters. The van der Waals surface area contributed by atoms with Crippen LogP contribution >= 0.6 is 0 Å². The number of nitrogens with one attached hydrogen (secondary N) is 3. The number of hydrogen-bond acceptors (Lipinski definition) is 7. The average molecular weight is 667 g/mol. The molecular formula is C38H50N8O3. The summed E-state index contributed by atoms with van der Waals surface area (Å²) in [5.41, 5.74) is 9.64. The van der Waals surface area contributed by atoms with Crippen molar-refractivity contribution in [2.24, 2.45) is 0 Å². The third-order valence-electron chi connectivity index (χ3n) is 9.82. The molecule has 0 bridgehead atoms. The van der Waals surface area contributed by atoms with Crippen LogP contribution in [0, 0.1) is 6.92 Å². The monoisotopic (exact) mass is 666 g/mol. The second-order valence-electron chi connectivity index (χ2n) is 13.2. The third-order valence-corrected chi connectivity index (χ3v) is 9.82. The number of urea groups is 1. The van der Waals surface area contributed by atoms with Gasteiger partial charge in [0.2, 0.25) is 5.91 Å². The van der Waals surface area contributed by atoms with Gasteiger partial charge in [-0.2, -0.15) is 5.10 Å². The highest BCUT2D eigenvalue weighted by Gasteiger charge is 2.22. The van der Waals surface area contributed by atoms with Crippen LogP contribution in [0.4, 0.5) is 10.5 Å². The van der Waals surface area contributed by atoms with E-state index in [4.69, 9.17) is 9.72 Å². The van der Waals surface area contributed by atoms with Crippen molar-refractivity contribution in [3.8, 4) is 11.1 Å².